The predicted octanol–water partition coefficient (Wildman–Crippen LogP) is -2.59. The van der Waals surface area contributed by atoms with Crippen LogP contribution < -0.4 is 22.1 Å². The third-order valence-electron chi connectivity index (χ3n) is 4.73. The molecule has 0 aliphatic carbocycles. The van der Waals surface area contributed by atoms with Gasteiger partial charge in [0.15, 0.2) is 0 Å². The molecule has 1 rings (SSSR count). The summed E-state index contributed by atoms with van der Waals surface area (Å²) in [6, 6.07) is -4.07. The Morgan fingerprint density at radius 3 is 2.41 bits per heavy atom. The van der Waals surface area contributed by atoms with Crippen molar-refractivity contribution >= 4 is 36.3 Å². The lowest BCUT2D eigenvalue weighted by molar-refractivity contribution is -0.144. The van der Waals surface area contributed by atoms with Crippen molar-refractivity contribution in [2.45, 2.75) is 56.3 Å². The van der Waals surface area contributed by atoms with E-state index in [4.69, 9.17) is 21.7 Å². The van der Waals surface area contributed by atoms with Gasteiger partial charge in [-0.25, -0.2) is 4.79 Å². The van der Waals surface area contributed by atoms with Crippen LogP contribution in [0.1, 0.15) is 32.1 Å². The minimum Gasteiger partial charge on any atom is -0.480 e. The monoisotopic (exact) mass is 433 g/mol. The van der Waals surface area contributed by atoms with Crippen molar-refractivity contribution in [3.05, 3.63) is 0 Å². The van der Waals surface area contributed by atoms with Crippen LogP contribution in [0.4, 0.5) is 0 Å². The highest BCUT2D eigenvalue weighted by Crippen LogP contribution is 2.19. The number of carboxylic acids is 1. The second kappa shape index (κ2) is 12.6. The average Bonchev–Trinajstić information content (AvgIpc) is 3.19. The number of carbonyl (C=O) groups is 4. The topological polar surface area (TPSA) is 188 Å². The maximum Gasteiger partial charge on any atom is 0.328 e. The molecule has 1 heterocycles. The number of likely N-dealkylation sites (tertiary alicyclic amines) is 1. The van der Waals surface area contributed by atoms with Crippen LogP contribution in [0.3, 0.4) is 0 Å². The number of nitrogens with zero attached hydrogens (tertiary/aromatic N) is 1. The summed E-state index contributed by atoms with van der Waals surface area (Å²) >= 11 is 4.01. The summed E-state index contributed by atoms with van der Waals surface area (Å²) in [7, 11) is 0. The van der Waals surface area contributed by atoms with Gasteiger partial charge in [-0.15, -0.1) is 0 Å². The molecule has 1 aliphatic rings. The minimum absolute atomic E-state index is 0.144. The molecule has 0 saturated carbocycles. The van der Waals surface area contributed by atoms with Gasteiger partial charge in [-0.3, -0.25) is 14.4 Å². The fourth-order valence-corrected chi connectivity index (χ4v) is 3.24. The largest absolute Gasteiger partial charge is 0.480 e. The van der Waals surface area contributed by atoms with Crippen LogP contribution in [0, 0.1) is 0 Å². The van der Waals surface area contributed by atoms with E-state index in [0.717, 1.165) is 0 Å². The summed E-state index contributed by atoms with van der Waals surface area (Å²) in [5.74, 6) is -2.86. The summed E-state index contributed by atoms with van der Waals surface area (Å²) in [5, 5.41) is 22.9. The van der Waals surface area contributed by atoms with E-state index in [-0.39, 0.29) is 18.1 Å². The second-order valence-electron chi connectivity index (χ2n) is 6.91. The van der Waals surface area contributed by atoms with Crippen LogP contribution in [-0.2, 0) is 19.2 Å². The van der Waals surface area contributed by atoms with E-state index >= 15 is 0 Å². The molecule has 1 aliphatic heterocycles. The number of aliphatic hydroxyl groups is 1. The molecule has 0 aromatic heterocycles. The van der Waals surface area contributed by atoms with Crippen molar-refractivity contribution in [1.29, 1.82) is 0 Å². The molecular weight excluding hydrogens is 402 g/mol. The van der Waals surface area contributed by atoms with Gasteiger partial charge in [-0.05, 0) is 38.6 Å². The van der Waals surface area contributed by atoms with E-state index in [9.17, 15) is 19.2 Å². The molecule has 4 unspecified atom stereocenters. The number of amides is 3. The highest BCUT2D eigenvalue weighted by atomic mass is 32.1. The van der Waals surface area contributed by atoms with Crippen molar-refractivity contribution in [3.8, 4) is 0 Å². The van der Waals surface area contributed by atoms with E-state index in [1.165, 1.54) is 4.90 Å². The van der Waals surface area contributed by atoms with Gasteiger partial charge in [0.1, 0.15) is 18.1 Å². The van der Waals surface area contributed by atoms with Crippen molar-refractivity contribution in [1.82, 2.24) is 15.5 Å². The molecule has 29 heavy (non-hydrogen) atoms. The van der Waals surface area contributed by atoms with Gasteiger partial charge in [0.2, 0.25) is 17.7 Å². The maximum absolute atomic E-state index is 12.8. The van der Waals surface area contributed by atoms with Gasteiger partial charge in [0, 0.05) is 12.3 Å². The first-order valence-electron chi connectivity index (χ1n) is 9.58. The summed E-state index contributed by atoms with van der Waals surface area (Å²) < 4.78 is 0. The quantitative estimate of drug-likeness (QED) is 0.129. The van der Waals surface area contributed by atoms with E-state index in [1.54, 1.807) is 0 Å². The van der Waals surface area contributed by atoms with E-state index < -0.39 is 48.6 Å². The lowest BCUT2D eigenvalue weighted by Gasteiger charge is -2.28. The normalized spacial score (nSPS) is 19.3. The molecule has 3 amide bonds. The summed E-state index contributed by atoms with van der Waals surface area (Å²) in [6.45, 7) is 0.00823. The van der Waals surface area contributed by atoms with Gasteiger partial charge in [-0.1, -0.05) is 0 Å². The lowest BCUT2D eigenvalue weighted by atomic mass is 10.1. The Kier molecular flexibility index (Phi) is 10.9. The Balaban J connectivity index is 2.85. The van der Waals surface area contributed by atoms with E-state index in [1.807, 2.05) is 0 Å². The number of carboxylic acid groups (broad SMARTS) is 1. The van der Waals surface area contributed by atoms with Gasteiger partial charge >= 0.3 is 5.97 Å². The summed E-state index contributed by atoms with van der Waals surface area (Å²) in [4.78, 5) is 50.1. The molecule has 0 spiro atoms. The Bertz CT molecular complexity index is 593. The number of thiol groups is 1. The highest BCUT2D eigenvalue weighted by Gasteiger charge is 2.37. The predicted molar refractivity (Wildman–Crippen MR) is 108 cm³/mol. The third-order valence-corrected chi connectivity index (χ3v) is 5.12. The van der Waals surface area contributed by atoms with E-state index in [2.05, 4.69) is 23.3 Å². The minimum atomic E-state index is -1.48. The Hall–Kier alpha value is -1.89. The number of rotatable bonds is 12. The van der Waals surface area contributed by atoms with Crippen LogP contribution in [-0.4, -0.2) is 88.4 Å². The Morgan fingerprint density at radius 2 is 1.86 bits per heavy atom. The first-order chi connectivity index (χ1) is 13.8. The van der Waals surface area contributed by atoms with Crippen molar-refractivity contribution in [2.75, 3.05) is 25.4 Å². The highest BCUT2D eigenvalue weighted by molar-refractivity contribution is 7.80. The molecule has 0 bridgehead atoms. The third kappa shape index (κ3) is 7.46. The number of hydrogen-bond donors (Lipinski definition) is 7. The molecule has 0 aromatic rings. The van der Waals surface area contributed by atoms with Gasteiger partial charge in [0.05, 0.1) is 12.6 Å². The molecule has 8 N–H and O–H groups in total. The molecule has 0 radical (unpaired) electrons. The SMILES string of the molecule is NCCCCC(NC(=O)C1CCCN1C(=O)C(N)CS)C(=O)NC(CO)C(=O)O. The number of unbranched alkanes of at least 4 members (excludes halogenated alkanes) is 1. The maximum atomic E-state index is 12.8. The van der Waals surface area contributed by atoms with Crippen LogP contribution in [0.2, 0.25) is 0 Å². The average molecular weight is 434 g/mol. The molecule has 1 fully saturated rings. The number of nitrogens with two attached hydrogens (primary N) is 2. The smallest absolute Gasteiger partial charge is 0.328 e. The molecule has 1 saturated heterocycles. The van der Waals surface area contributed by atoms with Crippen LogP contribution >= 0.6 is 12.6 Å². The standard InChI is InChI=1S/C17H31N5O6S/c18-6-2-1-4-11(14(24)21-12(8-23)17(27)28)20-15(25)13-5-3-7-22(13)16(26)10(19)9-29/h10-13,23,29H,1-9,18-19H2,(H,20,25)(H,21,24)(H,27,28). The van der Waals surface area contributed by atoms with Crippen LogP contribution in [0.15, 0.2) is 0 Å². The van der Waals surface area contributed by atoms with Gasteiger partial charge in [0.25, 0.3) is 0 Å². The lowest BCUT2D eigenvalue weighted by Crippen LogP contribution is -2.57. The molecule has 166 valence electrons. The van der Waals surface area contributed by atoms with Crippen molar-refractivity contribution < 1.29 is 29.4 Å². The van der Waals surface area contributed by atoms with Gasteiger partial charge < -0.3 is 37.2 Å². The Morgan fingerprint density at radius 1 is 1.17 bits per heavy atom. The first-order valence-corrected chi connectivity index (χ1v) is 10.2. The molecule has 11 nitrogen and oxygen atoms in total. The Labute approximate surface area is 175 Å². The van der Waals surface area contributed by atoms with Crippen LogP contribution in [0.5, 0.6) is 0 Å². The second-order valence-corrected chi connectivity index (χ2v) is 7.27. The zero-order chi connectivity index (χ0) is 22.0. The number of aliphatic hydroxyl groups excluding tert-OH is 1. The van der Waals surface area contributed by atoms with Crippen molar-refractivity contribution in [2.24, 2.45) is 11.5 Å². The zero-order valence-electron chi connectivity index (χ0n) is 16.2. The van der Waals surface area contributed by atoms with Crippen molar-refractivity contribution in [3.63, 3.8) is 0 Å². The van der Waals surface area contributed by atoms with Crippen LogP contribution in [0.25, 0.3) is 0 Å². The zero-order valence-corrected chi connectivity index (χ0v) is 17.1. The fraction of sp³-hybridized carbons (Fsp3) is 0.765. The number of nitrogens with one attached hydrogen (secondary N) is 2. The summed E-state index contributed by atoms with van der Waals surface area (Å²) in [5.41, 5.74) is 11.2. The number of hydrogen-bond acceptors (Lipinski definition) is 8. The molecule has 12 heteroatoms. The van der Waals surface area contributed by atoms with E-state index in [0.29, 0.717) is 38.8 Å². The van der Waals surface area contributed by atoms with Gasteiger partial charge in [-0.2, -0.15) is 12.6 Å². The fourth-order valence-electron chi connectivity index (χ4n) is 3.08. The molecule has 0 aromatic carbocycles. The number of aliphatic carboxylic acids is 1. The molecule has 4 atom stereocenters. The summed E-state index contributed by atoms with van der Waals surface area (Å²) in [6.07, 6.45) is 2.45. The first kappa shape index (κ1) is 25.1. The number of carbonyl (C=O) groups excluding carboxylic acids is 3. The molecular formula is C17H31N5O6S.